The van der Waals surface area contributed by atoms with Gasteiger partial charge in [-0.3, -0.25) is 0 Å². The third-order valence-corrected chi connectivity index (χ3v) is 5.62. The van der Waals surface area contributed by atoms with E-state index in [1.165, 1.54) is 4.31 Å². The molecule has 1 aliphatic rings. The normalized spacial score (nSPS) is 17.2. The molecular weight excluding hydrogens is 304 g/mol. The molecule has 2 rings (SSSR count). The first kappa shape index (κ1) is 16.8. The SMILES string of the molecule is CCOC(=O)NC1CCN(S(=O)(=O)c2ccc(C)cc2)CC1. The quantitative estimate of drug-likeness (QED) is 0.917. The van der Waals surface area contributed by atoms with Gasteiger partial charge in [-0.25, -0.2) is 13.2 Å². The van der Waals surface area contributed by atoms with Gasteiger partial charge in [0, 0.05) is 19.1 Å². The maximum Gasteiger partial charge on any atom is 0.407 e. The summed E-state index contributed by atoms with van der Waals surface area (Å²) in [5.41, 5.74) is 1.02. The number of hydrogen-bond donors (Lipinski definition) is 1. The van der Waals surface area contributed by atoms with E-state index in [4.69, 9.17) is 4.74 Å². The topological polar surface area (TPSA) is 75.7 Å². The Morgan fingerprint density at radius 3 is 2.41 bits per heavy atom. The number of ether oxygens (including phenoxy) is 1. The number of aryl methyl sites for hydroxylation is 1. The van der Waals surface area contributed by atoms with Crippen LogP contribution >= 0.6 is 0 Å². The molecule has 1 aromatic carbocycles. The van der Waals surface area contributed by atoms with Crippen molar-refractivity contribution in [2.45, 2.75) is 37.6 Å². The Hall–Kier alpha value is -1.60. The van der Waals surface area contributed by atoms with Gasteiger partial charge < -0.3 is 10.1 Å². The highest BCUT2D eigenvalue weighted by atomic mass is 32.2. The second-order valence-electron chi connectivity index (χ2n) is 5.36. The number of benzene rings is 1. The van der Waals surface area contributed by atoms with Crippen LogP contribution in [0.1, 0.15) is 25.3 Å². The van der Waals surface area contributed by atoms with Crippen molar-refractivity contribution in [3.05, 3.63) is 29.8 Å². The molecule has 0 aliphatic carbocycles. The van der Waals surface area contributed by atoms with Gasteiger partial charge in [0.15, 0.2) is 0 Å². The van der Waals surface area contributed by atoms with Crippen molar-refractivity contribution in [3.8, 4) is 0 Å². The Balaban J connectivity index is 1.96. The Bertz CT molecular complexity index is 605. The molecule has 1 heterocycles. The molecule has 0 atom stereocenters. The van der Waals surface area contributed by atoms with Crippen LogP contribution in [-0.4, -0.2) is 44.6 Å². The summed E-state index contributed by atoms with van der Waals surface area (Å²) < 4.78 is 31.4. The Labute approximate surface area is 131 Å². The van der Waals surface area contributed by atoms with E-state index in [0.717, 1.165) is 5.56 Å². The summed E-state index contributed by atoms with van der Waals surface area (Å²) in [5, 5.41) is 2.76. The van der Waals surface area contributed by atoms with E-state index in [-0.39, 0.29) is 6.04 Å². The van der Waals surface area contributed by atoms with E-state index >= 15 is 0 Å². The number of carbonyl (C=O) groups excluding carboxylic acids is 1. The fourth-order valence-corrected chi connectivity index (χ4v) is 3.91. The molecule has 1 aromatic rings. The van der Waals surface area contributed by atoms with Gasteiger partial charge in [-0.05, 0) is 38.8 Å². The van der Waals surface area contributed by atoms with Crippen molar-refractivity contribution in [2.24, 2.45) is 0 Å². The Morgan fingerprint density at radius 1 is 1.27 bits per heavy atom. The number of amides is 1. The molecule has 0 aromatic heterocycles. The highest BCUT2D eigenvalue weighted by Crippen LogP contribution is 2.21. The van der Waals surface area contributed by atoms with Crippen LogP contribution in [0.5, 0.6) is 0 Å². The van der Waals surface area contributed by atoms with E-state index in [1.54, 1.807) is 31.2 Å². The predicted molar refractivity (Wildman–Crippen MR) is 83.1 cm³/mol. The molecule has 0 saturated carbocycles. The number of hydrogen-bond acceptors (Lipinski definition) is 4. The van der Waals surface area contributed by atoms with Crippen LogP contribution in [0.15, 0.2) is 29.2 Å². The van der Waals surface area contributed by atoms with Crippen LogP contribution < -0.4 is 5.32 Å². The second-order valence-corrected chi connectivity index (χ2v) is 7.29. The molecule has 0 bridgehead atoms. The van der Waals surface area contributed by atoms with Crippen LogP contribution in [0.3, 0.4) is 0 Å². The summed E-state index contributed by atoms with van der Waals surface area (Å²) in [7, 11) is -3.45. The lowest BCUT2D eigenvalue weighted by Gasteiger charge is -2.31. The second kappa shape index (κ2) is 7.11. The summed E-state index contributed by atoms with van der Waals surface area (Å²) >= 11 is 0. The summed E-state index contributed by atoms with van der Waals surface area (Å²) in [6.07, 6.45) is 0.732. The standard InChI is InChI=1S/C15H22N2O4S/c1-3-21-15(18)16-13-8-10-17(11-9-13)22(19,20)14-6-4-12(2)5-7-14/h4-7,13H,3,8-11H2,1-2H3,(H,16,18). The summed E-state index contributed by atoms with van der Waals surface area (Å²) in [5.74, 6) is 0. The van der Waals surface area contributed by atoms with Gasteiger partial charge in [-0.1, -0.05) is 17.7 Å². The molecule has 0 spiro atoms. The Kier molecular flexibility index (Phi) is 5.42. The zero-order valence-corrected chi connectivity index (χ0v) is 13.7. The third-order valence-electron chi connectivity index (χ3n) is 3.71. The van der Waals surface area contributed by atoms with Gasteiger partial charge in [-0.2, -0.15) is 4.31 Å². The third kappa shape index (κ3) is 3.98. The van der Waals surface area contributed by atoms with Gasteiger partial charge in [0.2, 0.25) is 10.0 Å². The lowest BCUT2D eigenvalue weighted by Crippen LogP contribution is -2.46. The van der Waals surface area contributed by atoms with Crippen molar-refractivity contribution in [3.63, 3.8) is 0 Å². The highest BCUT2D eigenvalue weighted by Gasteiger charge is 2.29. The minimum absolute atomic E-state index is 0.0384. The number of carbonyl (C=O) groups is 1. The molecule has 1 N–H and O–H groups in total. The molecular formula is C15H22N2O4S. The molecule has 1 saturated heterocycles. The molecule has 122 valence electrons. The van der Waals surface area contributed by atoms with Crippen molar-refractivity contribution >= 4 is 16.1 Å². The first-order valence-corrected chi connectivity index (χ1v) is 8.87. The predicted octanol–water partition coefficient (Wildman–Crippen LogP) is 1.89. The zero-order valence-electron chi connectivity index (χ0n) is 12.9. The average Bonchev–Trinajstić information content (AvgIpc) is 2.48. The van der Waals surface area contributed by atoms with Gasteiger partial charge in [0.1, 0.15) is 0 Å². The number of piperidine rings is 1. The molecule has 0 unspecified atom stereocenters. The van der Waals surface area contributed by atoms with Crippen LogP contribution in [-0.2, 0) is 14.8 Å². The first-order valence-electron chi connectivity index (χ1n) is 7.43. The van der Waals surface area contributed by atoms with Crippen molar-refractivity contribution in [1.82, 2.24) is 9.62 Å². The first-order chi connectivity index (χ1) is 10.4. The van der Waals surface area contributed by atoms with Crippen molar-refractivity contribution in [1.29, 1.82) is 0 Å². The maximum atomic E-state index is 12.5. The van der Waals surface area contributed by atoms with Crippen LogP contribution in [0, 0.1) is 6.92 Å². The summed E-state index contributed by atoms with van der Waals surface area (Å²) in [6, 6.07) is 6.81. The molecule has 1 amide bonds. The fraction of sp³-hybridized carbons (Fsp3) is 0.533. The number of rotatable bonds is 4. The monoisotopic (exact) mass is 326 g/mol. The van der Waals surface area contributed by atoms with Gasteiger partial charge in [0.05, 0.1) is 11.5 Å². The number of nitrogens with one attached hydrogen (secondary N) is 1. The summed E-state index contributed by atoms with van der Waals surface area (Å²) in [4.78, 5) is 11.7. The molecule has 1 aliphatic heterocycles. The number of sulfonamides is 1. The molecule has 1 fully saturated rings. The van der Waals surface area contributed by atoms with Crippen molar-refractivity contribution < 1.29 is 17.9 Å². The minimum Gasteiger partial charge on any atom is -0.450 e. The minimum atomic E-state index is -3.45. The van der Waals surface area contributed by atoms with Crippen LogP contribution in [0.2, 0.25) is 0 Å². The van der Waals surface area contributed by atoms with Crippen LogP contribution in [0.25, 0.3) is 0 Å². The number of nitrogens with zero attached hydrogens (tertiary/aromatic N) is 1. The van der Waals surface area contributed by atoms with E-state index < -0.39 is 16.1 Å². The van der Waals surface area contributed by atoms with E-state index in [9.17, 15) is 13.2 Å². The van der Waals surface area contributed by atoms with Gasteiger partial charge >= 0.3 is 6.09 Å². The Morgan fingerprint density at radius 2 is 1.86 bits per heavy atom. The largest absolute Gasteiger partial charge is 0.450 e. The van der Waals surface area contributed by atoms with E-state index in [1.807, 2.05) is 6.92 Å². The molecule has 22 heavy (non-hydrogen) atoms. The van der Waals surface area contributed by atoms with E-state index in [2.05, 4.69) is 5.32 Å². The molecule has 7 heteroatoms. The molecule has 6 nitrogen and oxygen atoms in total. The van der Waals surface area contributed by atoms with Gasteiger partial charge in [-0.15, -0.1) is 0 Å². The summed E-state index contributed by atoms with van der Waals surface area (Å²) in [6.45, 7) is 4.78. The van der Waals surface area contributed by atoms with Crippen molar-refractivity contribution in [2.75, 3.05) is 19.7 Å². The lowest BCUT2D eigenvalue weighted by molar-refractivity contribution is 0.143. The molecule has 0 radical (unpaired) electrons. The number of alkyl carbamates (subject to hydrolysis) is 1. The maximum absolute atomic E-state index is 12.5. The fourth-order valence-electron chi connectivity index (χ4n) is 2.44. The van der Waals surface area contributed by atoms with Crippen LogP contribution in [0.4, 0.5) is 4.79 Å². The highest BCUT2D eigenvalue weighted by molar-refractivity contribution is 7.89. The zero-order chi connectivity index (χ0) is 16.2. The lowest BCUT2D eigenvalue weighted by atomic mass is 10.1. The average molecular weight is 326 g/mol. The van der Waals surface area contributed by atoms with E-state index in [0.29, 0.717) is 37.4 Å². The smallest absolute Gasteiger partial charge is 0.407 e. The van der Waals surface area contributed by atoms with Gasteiger partial charge in [0.25, 0.3) is 0 Å².